The summed E-state index contributed by atoms with van der Waals surface area (Å²) in [5.74, 6) is 0.521. The molecule has 0 aliphatic carbocycles. The van der Waals surface area contributed by atoms with Gasteiger partial charge in [-0.25, -0.2) is 4.79 Å². The molecular formula is C22H23F3O4S. The molecule has 0 heterocycles. The number of esters is 1. The van der Waals surface area contributed by atoms with Gasteiger partial charge in [-0.15, -0.1) is 11.8 Å². The smallest absolute Gasteiger partial charge is 0.416 e. The van der Waals surface area contributed by atoms with Crippen LogP contribution in [0.2, 0.25) is 0 Å². The van der Waals surface area contributed by atoms with Gasteiger partial charge in [-0.2, -0.15) is 13.2 Å². The highest BCUT2D eigenvalue weighted by molar-refractivity contribution is 7.99. The fourth-order valence-electron chi connectivity index (χ4n) is 2.46. The number of rotatable bonds is 9. The Balaban J connectivity index is 1.85. The standard InChI is InChI=1S/C22H23F3O4S/c1-3-28-21(27)13-29-20-11-10-19(12-15(20)2)30-14-18(26)9-6-16-4-7-17(8-5-16)22(23,24)25/h4-12,18,26H,3,13-14H2,1-2H3. The molecule has 1 unspecified atom stereocenters. The molecule has 0 aliphatic rings. The quantitative estimate of drug-likeness (QED) is 0.433. The van der Waals surface area contributed by atoms with Crippen LogP contribution in [0.25, 0.3) is 6.08 Å². The summed E-state index contributed by atoms with van der Waals surface area (Å²) in [6.45, 7) is 3.72. The number of hydrogen-bond acceptors (Lipinski definition) is 5. The highest BCUT2D eigenvalue weighted by Crippen LogP contribution is 2.29. The van der Waals surface area contributed by atoms with E-state index in [1.807, 2.05) is 19.1 Å². The summed E-state index contributed by atoms with van der Waals surface area (Å²) in [4.78, 5) is 12.3. The molecule has 0 bridgehead atoms. The topological polar surface area (TPSA) is 55.8 Å². The number of benzene rings is 2. The maximum absolute atomic E-state index is 12.6. The zero-order valence-corrected chi connectivity index (χ0v) is 17.4. The van der Waals surface area contributed by atoms with Crippen LogP contribution in [0.4, 0.5) is 13.2 Å². The van der Waals surface area contributed by atoms with Gasteiger partial charge in [0.05, 0.1) is 18.3 Å². The molecule has 0 aromatic heterocycles. The average molecular weight is 440 g/mol. The predicted molar refractivity (Wildman–Crippen MR) is 111 cm³/mol. The van der Waals surface area contributed by atoms with E-state index < -0.39 is 23.8 Å². The van der Waals surface area contributed by atoms with Crippen molar-refractivity contribution in [3.63, 3.8) is 0 Å². The molecule has 0 radical (unpaired) electrons. The molecule has 4 nitrogen and oxygen atoms in total. The van der Waals surface area contributed by atoms with E-state index >= 15 is 0 Å². The van der Waals surface area contributed by atoms with Crippen LogP contribution in [0.15, 0.2) is 53.4 Å². The molecule has 0 saturated heterocycles. The number of ether oxygens (including phenoxy) is 2. The molecule has 1 atom stereocenters. The number of aryl methyl sites for hydroxylation is 1. The van der Waals surface area contributed by atoms with Crippen LogP contribution in [0, 0.1) is 6.92 Å². The van der Waals surface area contributed by atoms with Crippen molar-refractivity contribution in [2.24, 2.45) is 0 Å². The first-order chi connectivity index (χ1) is 14.2. The molecule has 1 N–H and O–H groups in total. The number of halogens is 3. The third-order valence-electron chi connectivity index (χ3n) is 3.97. The highest BCUT2D eigenvalue weighted by Gasteiger charge is 2.29. The lowest BCUT2D eigenvalue weighted by molar-refractivity contribution is -0.145. The lowest BCUT2D eigenvalue weighted by atomic mass is 10.1. The van der Waals surface area contributed by atoms with E-state index in [0.29, 0.717) is 23.7 Å². The van der Waals surface area contributed by atoms with Gasteiger partial charge in [-0.05, 0) is 55.3 Å². The highest BCUT2D eigenvalue weighted by atomic mass is 32.2. The summed E-state index contributed by atoms with van der Waals surface area (Å²) in [5.41, 5.74) is 0.714. The summed E-state index contributed by atoms with van der Waals surface area (Å²) >= 11 is 1.43. The van der Waals surface area contributed by atoms with Gasteiger partial charge in [0.2, 0.25) is 0 Å². The van der Waals surface area contributed by atoms with Crippen molar-refractivity contribution in [3.8, 4) is 5.75 Å². The molecule has 0 amide bonds. The minimum atomic E-state index is -4.37. The maximum Gasteiger partial charge on any atom is 0.416 e. The molecule has 0 aliphatic heterocycles. The second-order valence-corrected chi connectivity index (χ2v) is 7.47. The van der Waals surface area contributed by atoms with Crippen molar-refractivity contribution in [2.45, 2.75) is 31.0 Å². The third-order valence-corrected chi connectivity index (χ3v) is 5.06. The van der Waals surface area contributed by atoms with E-state index in [1.54, 1.807) is 25.1 Å². The van der Waals surface area contributed by atoms with Gasteiger partial charge in [-0.3, -0.25) is 0 Å². The Morgan fingerprint density at radius 1 is 1.20 bits per heavy atom. The molecule has 0 saturated carbocycles. The van der Waals surface area contributed by atoms with Crippen molar-refractivity contribution in [1.82, 2.24) is 0 Å². The maximum atomic E-state index is 12.6. The number of alkyl halides is 3. The summed E-state index contributed by atoms with van der Waals surface area (Å²) in [5, 5.41) is 10.1. The first-order valence-electron chi connectivity index (χ1n) is 9.24. The first-order valence-corrected chi connectivity index (χ1v) is 10.2. The average Bonchev–Trinajstić information content (AvgIpc) is 2.70. The lowest BCUT2D eigenvalue weighted by Crippen LogP contribution is -2.14. The van der Waals surface area contributed by atoms with Gasteiger partial charge >= 0.3 is 12.1 Å². The van der Waals surface area contributed by atoms with Crippen LogP contribution in [0.5, 0.6) is 5.75 Å². The van der Waals surface area contributed by atoms with Crippen LogP contribution in [-0.4, -0.2) is 36.1 Å². The van der Waals surface area contributed by atoms with Crippen LogP contribution in [0.1, 0.15) is 23.6 Å². The largest absolute Gasteiger partial charge is 0.482 e. The Kier molecular flexibility index (Phi) is 8.80. The second-order valence-electron chi connectivity index (χ2n) is 6.38. The number of aliphatic hydroxyl groups excluding tert-OH is 1. The molecule has 2 aromatic carbocycles. The van der Waals surface area contributed by atoms with Gasteiger partial charge in [0.25, 0.3) is 0 Å². The molecule has 0 fully saturated rings. The third kappa shape index (κ3) is 7.76. The summed E-state index contributed by atoms with van der Waals surface area (Å²) in [6, 6.07) is 10.2. The second kappa shape index (κ2) is 11.1. The summed E-state index contributed by atoms with van der Waals surface area (Å²) < 4.78 is 48.0. The number of carbonyl (C=O) groups is 1. The lowest BCUT2D eigenvalue weighted by Gasteiger charge is -2.11. The van der Waals surface area contributed by atoms with Gasteiger partial charge in [-0.1, -0.05) is 24.3 Å². The van der Waals surface area contributed by atoms with Crippen molar-refractivity contribution in [2.75, 3.05) is 19.0 Å². The van der Waals surface area contributed by atoms with E-state index in [1.165, 1.54) is 23.9 Å². The molecule has 2 aromatic rings. The van der Waals surface area contributed by atoms with E-state index in [2.05, 4.69) is 0 Å². The minimum absolute atomic E-state index is 0.158. The Hall–Kier alpha value is -2.45. The fourth-order valence-corrected chi connectivity index (χ4v) is 3.35. The van der Waals surface area contributed by atoms with Crippen molar-refractivity contribution < 1.29 is 32.5 Å². The number of carbonyl (C=O) groups excluding carboxylic acids is 1. The molecular weight excluding hydrogens is 417 g/mol. The Bertz CT molecular complexity index is 864. The first kappa shape index (κ1) is 23.8. The van der Waals surface area contributed by atoms with Gasteiger partial charge in [0.15, 0.2) is 6.61 Å². The van der Waals surface area contributed by atoms with Gasteiger partial charge in [0, 0.05) is 10.6 Å². The summed E-state index contributed by atoms with van der Waals surface area (Å²) in [7, 11) is 0. The van der Waals surface area contributed by atoms with Crippen molar-refractivity contribution in [3.05, 3.63) is 65.2 Å². The fraction of sp³-hybridized carbons (Fsp3) is 0.318. The monoisotopic (exact) mass is 440 g/mol. The normalized spacial score (nSPS) is 12.7. The summed E-state index contributed by atoms with van der Waals surface area (Å²) in [6.07, 6.45) is -2.00. The van der Waals surface area contributed by atoms with E-state index in [9.17, 15) is 23.1 Å². The van der Waals surface area contributed by atoms with E-state index in [0.717, 1.165) is 22.6 Å². The molecule has 162 valence electrons. The van der Waals surface area contributed by atoms with Gasteiger partial charge in [0.1, 0.15) is 5.75 Å². The minimum Gasteiger partial charge on any atom is -0.482 e. The predicted octanol–water partition coefficient (Wildman–Crippen LogP) is 5.12. The number of hydrogen-bond donors (Lipinski definition) is 1. The van der Waals surface area contributed by atoms with Crippen LogP contribution < -0.4 is 4.74 Å². The van der Waals surface area contributed by atoms with Crippen LogP contribution in [-0.2, 0) is 15.7 Å². The van der Waals surface area contributed by atoms with Crippen LogP contribution in [0.3, 0.4) is 0 Å². The SMILES string of the molecule is CCOC(=O)COc1ccc(SCC(O)C=Cc2ccc(C(F)(F)F)cc2)cc1C. The molecule has 8 heteroatoms. The molecule has 0 spiro atoms. The van der Waals surface area contributed by atoms with Crippen molar-refractivity contribution in [1.29, 1.82) is 0 Å². The zero-order chi connectivity index (χ0) is 22.1. The Labute approximate surface area is 177 Å². The number of thioether (sulfide) groups is 1. The van der Waals surface area contributed by atoms with Crippen molar-refractivity contribution >= 4 is 23.8 Å². The zero-order valence-electron chi connectivity index (χ0n) is 16.6. The Morgan fingerprint density at radius 3 is 2.50 bits per heavy atom. The van der Waals surface area contributed by atoms with Crippen LogP contribution >= 0.6 is 11.8 Å². The molecule has 2 rings (SSSR count). The number of aliphatic hydroxyl groups is 1. The van der Waals surface area contributed by atoms with E-state index in [4.69, 9.17) is 9.47 Å². The van der Waals surface area contributed by atoms with E-state index in [-0.39, 0.29) is 6.61 Å². The Morgan fingerprint density at radius 2 is 1.90 bits per heavy atom. The molecule has 30 heavy (non-hydrogen) atoms. The van der Waals surface area contributed by atoms with Gasteiger partial charge < -0.3 is 14.6 Å².